The first-order valence-electron chi connectivity index (χ1n) is 11.7. The minimum atomic E-state index is -2.95. The van der Waals surface area contributed by atoms with Gasteiger partial charge in [-0.3, -0.25) is 9.59 Å². The molecule has 0 aromatic heterocycles. The smallest absolute Gasteiger partial charge is 0.306 e. The second-order valence-corrected chi connectivity index (χ2v) is 11.1. The van der Waals surface area contributed by atoms with E-state index in [9.17, 15) is 18.4 Å². The van der Waals surface area contributed by atoms with E-state index in [1.165, 1.54) is 0 Å². The van der Waals surface area contributed by atoms with Crippen LogP contribution in [0.4, 0.5) is 14.5 Å². The fourth-order valence-electron chi connectivity index (χ4n) is 4.51. The summed E-state index contributed by atoms with van der Waals surface area (Å²) in [6.45, 7) is 7.28. The number of nitrogens with one attached hydrogen (secondary N) is 1. The molecular formula is C27H31Cl2F2NO3. The molecule has 190 valence electrons. The topological polar surface area (TPSA) is 55.4 Å². The summed E-state index contributed by atoms with van der Waals surface area (Å²) in [5, 5.41) is 3.51. The predicted octanol–water partition coefficient (Wildman–Crippen LogP) is 7.99. The highest BCUT2D eigenvalue weighted by molar-refractivity contribution is 6.33. The highest BCUT2D eigenvalue weighted by atomic mass is 35.5. The number of esters is 1. The molecule has 2 unspecified atom stereocenters. The van der Waals surface area contributed by atoms with Gasteiger partial charge in [-0.25, -0.2) is 8.78 Å². The second kappa shape index (κ2) is 10.8. The molecule has 1 fully saturated rings. The summed E-state index contributed by atoms with van der Waals surface area (Å²) < 4.78 is 34.9. The lowest BCUT2D eigenvalue weighted by Gasteiger charge is -2.28. The molecule has 1 N–H and O–H groups in total. The van der Waals surface area contributed by atoms with Crippen LogP contribution < -0.4 is 5.32 Å². The van der Waals surface area contributed by atoms with E-state index in [0.717, 1.165) is 5.56 Å². The Balaban J connectivity index is 1.84. The quantitative estimate of drug-likeness (QED) is 0.372. The summed E-state index contributed by atoms with van der Waals surface area (Å²) in [6.07, 6.45) is 0.503. The molecule has 1 aliphatic rings. The number of halogens is 4. The molecular weight excluding hydrogens is 495 g/mol. The van der Waals surface area contributed by atoms with Crippen molar-refractivity contribution in [2.75, 3.05) is 5.32 Å². The monoisotopic (exact) mass is 525 g/mol. The van der Waals surface area contributed by atoms with Crippen LogP contribution in [0.1, 0.15) is 76.3 Å². The number of rotatable bonds is 7. The highest BCUT2D eigenvalue weighted by Gasteiger charge is 2.50. The van der Waals surface area contributed by atoms with Crippen LogP contribution >= 0.6 is 23.2 Å². The minimum Gasteiger partial charge on any atom is -0.460 e. The number of benzene rings is 2. The summed E-state index contributed by atoms with van der Waals surface area (Å²) in [5.74, 6) is -6.24. The lowest BCUT2D eigenvalue weighted by Crippen LogP contribution is -2.35. The maximum Gasteiger partial charge on any atom is 0.306 e. The largest absolute Gasteiger partial charge is 0.460 e. The summed E-state index contributed by atoms with van der Waals surface area (Å²) in [6, 6.07) is 11.5. The lowest BCUT2D eigenvalue weighted by molar-refractivity contribution is -0.155. The number of anilines is 1. The summed E-state index contributed by atoms with van der Waals surface area (Å²) >= 11 is 12.3. The number of hydrogen-bond acceptors (Lipinski definition) is 3. The van der Waals surface area contributed by atoms with E-state index in [4.69, 9.17) is 27.9 Å². The first-order valence-corrected chi connectivity index (χ1v) is 12.5. The molecule has 2 aromatic rings. The van der Waals surface area contributed by atoms with Crippen molar-refractivity contribution in [2.45, 2.75) is 76.7 Å². The Hall–Kier alpha value is -2.18. The summed E-state index contributed by atoms with van der Waals surface area (Å²) in [4.78, 5) is 25.7. The number of carbonyl (C=O) groups is 2. The third-order valence-electron chi connectivity index (χ3n) is 6.19. The van der Waals surface area contributed by atoms with Crippen LogP contribution in [0.2, 0.25) is 10.0 Å². The molecule has 1 aliphatic carbocycles. The van der Waals surface area contributed by atoms with Gasteiger partial charge in [0.15, 0.2) is 0 Å². The number of alkyl halides is 2. The summed E-state index contributed by atoms with van der Waals surface area (Å²) in [5.41, 5.74) is 0.967. The molecule has 0 saturated heterocycles. The standard InChI is InChI=1S/C27H31Cl2F2NO3/c1-16(14-23(33)35-26(2,3)4)18-9-12-21(29)22(15-18)32-25(34)24(17-7-10-19(28)11-8-17)20-6-5-13-27(20,30)31/h7-12,15-16,20,24H,5-6,13-14H2,1-4H3,(H,32,34)/t16-,20?,24?/m0/s1. The van der Waals surface area contributed by atoms with Crippen LogP contribution in [0, 0.1) is 5.92 Å². The normalized spacial score (nSPS) is 19.1. The van der Waals surface area contributed by atoms with Crippen molar-refractivity contribution in [1.82, 2.24) is 0 Å². The van der Waals surface area contributed by atoms with Crippen LogP contribution in [0.5, 0.6) is 0 Å². The van der Waals surface area contributed by atoms with Crippen molar-refractivity contribution in [3.05, 3.63) is 63.6 Å². The van der Waals surface area contributed by atoms with Gasteiger partial charge in [0.25, 0.3) is 5.92 Å². The Labute approximate surface area is 215 Å². The lowest BCUT2D eigenvalue weighted by atomic mass is 9.82. The van der Waals surface area contributed by atoms with E-state index in [0.29, 0.717) is 22.7 Å². The molecule has 8 heteroatoms. The fourth-order valence-corrected chi connectivity index (χ4v) is 4.80. The molecule has 0 spiro atoms. The Morgan fingerprint density at radius 2 is 1.74 bits per heavy atom. The first kappa shape index (κ1) is 27.4. The van der Waals surface area contributed by atoms with E-state index < -0.39 is 29.3 Å². The van der Waals surface area contributed by atoms with Crippen LogP contribution in [0.25, 0.3) is 0 Å². The average Bonchev–Trinajstić information content (AvgIpc) is 3.08. The van der Waals surface area contributed by atoms with E-state index >= 15 is 0 Å². The zero-order valence-corrected chi connectivity index (χ0v) is 21.9. The van der Waals surface area contributed by atoms with E-state index in [-0.39, 0.29) is 36.2 Å². The Morgan fingerprint density at radius 3 is 2.31 bits per heavy atom. The van der Waals surface area contributed by atoms with Crippen molar-refractivity contribution in [1.29, 1.82) is 0 Å². The molecule has 1 saturated carbocycles. The van der Waals surface area contributed by atoms with Gasteiger partial charge in [-0.2, -0.15) is 0 Å². The van der Waals surface area contributed by atoms with Crippen LogP contribution in [-0.2, 0) is 14.3 Å². The van der Waals surface area contributed by atoms with Crippen LogP contribution in [-0.4, -0.2) is 23.4 Å². The van der Waals surface area contributed by atoms with Crippen molar-refractivity contribution in [3.63, 3.8) is 0 Å². The Kier molecular flexibility index (Phi) is 8.48. The molecule has 0 radical (unpaired) electrons. The van der Waals surface area contributed by atoms with E-state index in [1.54, 1.807) is 63.2 Å². The van der Waals surface area contributed by atoms with Gasteiger partial charge in [0, 0.05) is 17.4 Å². The van der Waals surface area contributed by atoms with Gasteiger partial charge in [0.2, 0.25) is 5.91 Å². The van der Waals surface area contributed by atoms with Crippen molar-refractivity contribution >= 4 is 40.8 Å². The zero-order chi connectivity index (χ0) is 26.0. The van der Waals surface area contributed by atoms with Crippen molar-refractivity contribution < 1.29 is 23.1 Å². The molecule has 4 nitrogen and oxygen atoms in total. The molecule has 2 aromatic carbocycles. The number of amides is 1. The molecule has 0 heterocycles. The predicted molar refractivity (Wildman–Crippen MR) is 135 cm³/mol. The van der Waals surface area contributed by atoms with Gasteiger partial charge in [-0.15, -0.1) is 0 Å². The number of carbonyl (C=O) groups excluding carboxylic acids is 2. The second-order valence-electron chi connectivity index (χ2n) is 10.2. The van der Waals surface area contributed by atoms with Gasteiger partial charge in [0.1, 0.15) is 5.60 Å². The summed E-state index contributed by atoms with van der Waals surface area (Å²) in [7, 11) is 0. The number of hydrogen-bond donors (Lipinski definition) is 1. The molecule has 1 amide bonds. The average molecular weight is 526 g/mol. The van der Waals surface area contributed by atoms with Gasteiger partial charge < -0.3 is 10.1 Å². The molecule has 0 bridgehead atoms. The van der Waals surface area contributed by atoms with Gasteiger partial charge in [-0.1, -0.05) is 48.3 Å². The van der Waals surface area contributed by atoms with Crippen molar-refractivity contribution in [2.24, 2.45) is 5.92 Å². The van der Waals surface area contributed by atoms with E-state index in [2.05, 4.69) is 5.32 Å². The third kappa shape index (κ3) is 7.17. The number of ether oxygens (including phenoxy) is 1. The van der Waals surface area contributed by atoms with Crippen molar-refractivity contribution in [3.8, 4) is 0 Å². The van der Waals surface area contributed by atoms with Gasteiger partial charge in [0.05, 0.1) is 23.0 Å². The SMILES string of the molecule is C[C@@H](CC(=O)OC(C)(C)C)c1ccc(Cl)c(NC(=O)C(c2ccc(Cl)cc2)C2CCCC2(F)F)c1. The zero-order valence-electron chi connectivity index (χ0n) is 20.3. The maximum absolute atomic E-state index is 14.7. The molecule has 3 atom stereocenters. The highest BCUT2D eigenvalue weighted by Crippen LogP contribution is 2.48. The Bertz CT molecular complexity index is 1070. The molecule has 0 aliphatic heterocycles. The first-order chi connectivity index (χ1) is 16.3. The molecule has 3 rings (SSSR count). The minimum absolute atomic E-state index is 0.147. The van der Waals surface area contributed by atoms with Crippen LogP contribution in [0.3, 0.4) is 0 Å². The van der Waals surface area contributed by atoms with Crippen LogP contribution in [0.15, 0.2) is 42.5 Å². The molecule has 35 heavy (non-hydrogen) atoms. The van der Waals surface area contributed by atoms with Gasteiger partial charge >= 0.3 is 5.97 Å². The fraction of sp³-hybridized carbons (Fsp3) is 0.481. The van der Waals surface area contributed by atoms with Gasteiger partial charge in [-0.05, 0) is 74.9 Å². The van der Waals surface area contributed by atoms with E-state index in [1.807, 2.05) is 6.92 Å². The maximum atomic E-state index is 14.7. The Morgan fingerprint density at radius 1 is 1.11 bits per heavy atom. The third-order valence-corrected chi connectivity index (χ3v) is 6.77.